The van der Waals surface area contributed by atoms with Crippen LogP contribution in [-0.2, 0) is 0 Å². The maximum Gasteiger partial charge on any atom is 0.231 e. The minimum Gasteiger partial charge on any atom is -0.438 e. The summed E-state index contributed by atoms with van der Waals surface area (Å²) in [6, 6.07) is 25.6. The number of nitrogens with zero attached hydrogens (tertiary/aromatic N) is 1. The number of benzene rings is 3. The van der Waals surface area contributed by atoms with Crippen LogP contribution in [0.2, 0.25) is 5.02 Å². The second-order valence-corrected chi connectivity index (χ2v) is 6.22. The van der Waals surface area contributed by atoms with Crippen molar-refractivity contribution < 1.29 is 9.21 Å². The SMILES string of the molecule is O=C(c1ccc(Cl)cc1)c1cc2ccccc2oc1=Nc1ccccc1. The Balaban J connectivity index is 1.94. The lowest BCUT2D eigenvalue weighted by molar-refractivity contribution is 0.103. The molecule has 0 aliphatic carbocycles. The van der Waals surface area contributed by atoms with Gasteiger partial charge in [0.25, 0.3) is 0 Å². The molecule has 0 spiro atoms. The normalized spacial score (nSPS) is 11.7. The first-order chi connectivity index (χ1) is 12.7. The van der Waals surface area contributed by atoms with E-state index in [1.807, 2.05) is 60.7 Å². The molecule has 1 heterocycles. The van der Waals surface area contributed by atoms with Gasteiger partial charge in [0, 0.05) is 16.0 Å². The van der Waals surface area contributed by atoms with E-state index in [9.17, 15) is 4.79 Å². The van der Waals surface area contributed by atoms with Crippen molar-refractivity contribution in [3.05, 3.63) is 107 Å². The number of rotatable bonds is 3. The number of ketones is 1. The monoisotopic (exact) mass is 359 g/mol. The van der Waals surface area contributed by atoms with E-state index in [1.54, 1.807) is 24.3 Å². The van der Waals surface area contributed by atoms with E-state index < -0.39 is 0 Å². The fourth-order valence-corrected chi connectivity index (χ4v) is 2.82. The average Bonchev–Trinajstić information content (AvgIpc) is 2.68. The molecule has 3 nitrogen and oxygen atoms in total. The first-order valence-corrected chi connectivity index (χ1v) is 8.51. The summed E-state index contributed by atoms with van der Waals surface area (Å²) in [6.45, 7) is 0. The number of carbonyl (C=O) groups excluding carboxylic acids is 1. The van der Waals surface area contributed by atoms with Crippen molar-refractivity contribution in [1.29, 1.82) is 0 Å². The van der Waals surface area contributed by atoms with Gasteiger partial charge in [0.05, 0.1) is 11.3 Å². The molecule has 0 radical (unpaired) electrons. The van der Waals surface area contributed by atoms with E-state index in [0.717, 1.165) is 11.1 Å². The van der Waals surface area contributed by atoms with Crippen molar-refractivity contribution in [3.8, 4) is 0 Å². The molecule has 0 unspecified atom stereocenters. The van der Waals surface area contributed by atoms with E-state index in [-0.39, 0.29) is 11.3 Å². The van der Waals surface area contributed by atoms with Crippen molar-refractivity contribution in [2.45, 2.75) is 0 Å². The number of carbonyl (C=O) groups is 1. The van der Waals surface area contributed by atoms with Gasteiger partial charge in [-0.05, 0) is 48.5 Å². The van der Waals surface area contributed by atoms with E-state index in [0.29, 0.717) is 21.7 Å². The van der Waals surface area contributed by atoms with E-state index in [1.165, 1.54) is 0 Å². The van der Waals surface area contributed by atoms with Crippen LogP contribution >= 0.6 is 11.6 Å². The Morgan fingerprint density at radius 1 is 0.846 bits per heavy atom. The van der Waals surface area contributed by atoms with Crippen molar-refractivity contribution in [2.75, 3.05) is 0 Å². The van der Waals surface area contributed by atoms with Crippen LogP contribution in [0.4, 0.5) is 5.69 Å². The largest absolute Gasteiger partial charge is 0.438 e. The van der Waals surface area contributed by atoms with Gasteiger partial charge >= 0.3 is 0 Å². The van der Waals surface area contributed by atoms with Gasteiger partial charge in [-0.3, -0.25) is 4.79 Å². The van der Waals surface area contributed by atoms with Crippen molar-refractivity contribution in [2.24, 2.45) is 4.99 Å². The van der Waals surface area contributed by atoms with Gasteiger partial charge in [-0.2, -0.15) is 0 Å². The van der Waals surface area contributed by atoms with Crippen LogP contribution in [0.15, 0.2) is 94.3 Å². The van der Waals surface area contributed by atoms with Crippen LogP contribution in [0, 0.1) is 0 Å². The zero-order chi connectivity index (χ0) is 17.9. The van der Waals surface area contributed by atoms with Crippen LogP contribution in [0.5, 0.6) is 0 Å². The molecule has 4 rings (SSSR count). The van der Waals surface area contributed by atoms with Crippen molar-refractivity contribution >= 4 is 34.0 Å². The second-order valence-electron chi connectivity index (χ2n) is 5.79. The molecule has 0 aliphatic heterocycles. The molecule has 3 aromatic carbocycles. The summed E-state index contributed by atoms with van der Waals surface area (Å²) in [5.41, 5.74) is 2.63. The highest BCUT2D eigenvalue weighted by atomic mass is 35.5. The van der Waals surface area contributed by atoms with Gasteiger partial charge in [0.15, 0.2) is 5.78 Å². The van der Waals surface area contributed by atoms with E-state index in [4.69, 9.17) is 16.0 Å². The number of para-hydroxylation sites is 2. The summed E-state index contributed by atoms with van der Waals surface area (Å²) < 4.78 is 5.95. The Kier molecular flexibility index (Phi) is 4.38. The fourth-order valence-electron chi connectivity index (χ4n) is 2.69. The molecular formula is C22H14ClNO2. The highest BCUT2D eigenvalue weighted by Gasteiger charge is 2.15. The van der Waals surface area contributed by atoms with Gasteiger partial charge in [-0.1, -0.05) is 48.0 Å². The van der Waals surface area contributed by atoms with Crippen molar-refractivity contribution in [1.82, 2.24) is 0 Å². The molecular weight excluding hydrogens is 346 g/mol. The topological polar surface area (TPSA) is 42.6 Å². The van der Waals surface area contributed by atoms with Gasteiger partial charge in [-0.15, -0.1) is 0 Å². The third-order valence-electron chi connectivity index (χ3n) is 3.99. The van der Waals surface area contributed by atoms with Crippen LogP contribution in [0.3, 0.4) is 0 Å². The molecule has 0 N–H and O–H groups in total. The Labute approximate surface area is 155 Å². The average molecular weight is 360 g/mol. The molecule has 1 aromatic heterocycles. The third-order valence-corrected chi connectivity index (χ3v) is 4.25. The molecule has 0 atom stereocenters. The second kappa shape index (κ2) is 6.98. The van der Waals surface area contributed by atoms with E-state index in [2.05, 4.69) is 4.99 Å². The van der Waals surface area contributed by atoms with Crippen molar-refractivity contribution in [3.63, 3.8) is 0 Å². The zero-order valence-electron chi connectivity index (χ0n) is 13.7. The lowest BCUT2D eigenvalue weighted by Crippen LogP contribution is -2.16. The lowest BCUT2D eigenvalue weighted by Gasteiger charge is -2.05. The minimum absolute atomic E-state index is 0.161. The molecule has 0 saturated heterocycles. The Morgan fingerprint density at radius 3 is 2.31 bits per heavy atom. The summed E-state index contributed by atoms with van der Waals surface area (Å²) in [6.07, 6.45) is 0. The number of hydrogen-bond acceptors (Lipinski definition) is 3. The first kappa shape index (κ1) is 16.3. The highest BCUT2D eigenvalue weighted by molar-refractivity contribution is 6.30. The maximum atomic E-state index is 13.0. The summed E-state index contributed by atoms with van der Waals surface area (Å²) in [7, 11) is 0. The predicted octanol–water partition coefficient (Wildman–Crippen LogP) is 5.55. The smallest absolute Gasteiger partial charge is 0.231 e. The van der Waals surface area contributed by atoms with Crippen LogP contribution in [-0.4, -0.2) is 5.78 Å². The molecule has 0 saturated carbocycles. The Hall–Kier alpha value is -3.17. The quantitative estimate of drug-likeness (QED) is 0.450. The molecule has 126 valence electrons. The van der Waals surface area contributed by atoms with Gasteiger partial charge in [0.2, 0.25) is 5.55 Å². The standard InChI is InChI=1S/C22H14ClNO2/c23-17-12-10-15(11-13-17)21(25)19-14-16-6-4-5-9-20(16)26-22(19)24-18-7-2-1-3-8-18/h1-14H. The summed E-state index contributed by atoms with van der Waals surface area (Å²) in [5.74, 6) is -0.161. The fraction of sp³-hybridized carbons (Fsp3) is 0. The highest BCUT2D eigenvalue weighted by Crippen LogP contribution is 2.18. The zero-order valence-corrected chi connectivity index (χ0v) is 14.5. The summed E-state index contributed by atoms with van der Waals surface area (Å²) in [4.78, 5) is 17.6. The lowest BCUT2D eigenvalue weighted by atomic mass is 10.0. The maximum absolute atomic E-state index is 13.0. The van der Waals surface area contributed by atoms with Gasteiger partial charge < -0.3 is 4.42 Å². The molecule has 0 bridgehead atoms. The number of fused-ring (bicyclic) bond motifs is 1. The molecule has 0 aliphatic rings. The summed E-state index contributed by atoms with van der Waals surface area (Å²) >= 11 is 5.93. The van der Waals surface area contributed by atoms with Crippen LogP contribution in [0.1, 0.15) is 15.9 Å². The molecule has 4 heteroatoms. The van der Waals surface area contributed by atoms with E-state index >= 15 is 0 Å². The van der Waals surface area contributed by atoms with Gasteiger partial charge in [0.1, 0.15) is 5.58 Å². The summed E-state index contributed by atoms with van der Waals surface area (Å²) in [5, 5.41) is 1.43. The Morgan fingerprint density at radius 2 is 1.54 bits per heavy atom. The minimum atomic E-state index is -0.161. The molecule has 0 amide bonds. The van der Waals surface area contributed by atoms with Crippen LogP contribution < -0.4 is 5.55 Å². The number of halogens is 1. The molecule has 4 aromatic rings. The van der Waals surface area contributed by atoms with Gasteiger partial charge in [-0.25, -0.2) is 4.99 Å². The molecule has 26 heavy (non-hydrogen) atoms. The predicted molar refractivity (Wildman–Crippen MR) is 103 cm³/mol. The molecule has 0 fully saturated rings. The number of hydrogen-bond donors (Lipinski definition) is 0. The first-order valence-electron chi connectivity index (χ1n) is 8.14. The third kappa shape index (κ3) is 3.30. The van der Waals surface area contributed by atoms with Crippen LogP contribution in [0.25, 0.3) is 11.0 Å². The Bertz CT molecular complexity index is 1150.